The number of ether oxygens (including phenoxy) is 2. The van der Waals surface area contributed by atoms with Crippen LogP contribution in [0.1, 0.15) is 20.8 Å². The fraction of sp³-hybridized carbons (Fsp3) is 0.381. The minimum atomic E-state index is -0.373. The second-order valence-corrected chi connectivity index (χ2v) is 7.65. The van der Waals surface area contributed by atoms with Gasteiger partial charge in [-0.05, 0) is 32.9 Å². The maximum Gasteiger partial charge on any atom is 0.322 e. The molecule has 2 heterocycles. The van der Waals surface area contributed by atoms with Crippen molar-refractivity contribution >= 4 is 33.7 Å². The van der Waals surface area contributed by atoms with Crippen LogP contribution in [0.15, 0.2) is 40.8 Å². The molecule has 0 spiro atoms. The number of methoxy groups -OCH3 is 1. The molecular formula is C21H24N2O4. The van der Waals surface area contributed by atoms with Crippen LogP contribution in [0.4, 0.5) is 10.5 Å². The van der Waals surface area contributed by atoms with Crippen LogP contribution in [-0.2, 0) is 4.74 Å². The molecular weight excluding hydrogens is 344 g/mol. The van der Waals surface area contributed by atoms with Gasteiger partial charge in [-0.1, -0.05) is 18.2 Å². The Balaban J connectivity index is 1.66. The van der Waals surface area contributed by atoms with Crippen LogP contribution in [0.5, 0.6) is 5.75 Å². The SMILES string of the molecule is COc1cc2c(cc1NC(=O)N1C[C@@H](C)OC(C)(C)C1)oc1ccccc12. The van der Waals surface area contributed by atoms with E-state index in [9.17, 15) is 4.79 Å². The molecule has 1 saturated heterocycles. The van der Waals surface area contributed by atoms with Crippen LogP contribution >= 0.6 is 0 Å². The van der Waals surface area contributed by atoms with Crippen LogP contribution in [0.3, 0.4) is 0 Å². The monoisotopic (exact) mass is 368 g/mol. The van der Waals surface area contributed by atoms with Gasteiger partial charge >= 0.3 is 6.03 Å². The first-order chi connectivity index (χ1) is 12.9. The van der Waals surface area contributed by atoms with E-state index in [0.29, 0.717) is 30.1 Å². The first-order valence-corrected chi connectivity index (χ1v) is 9.09. The third kappa shape index (κ3) is 3.32. The Morgan fingerprint density at radius 3 is 2.74 bits per heavy atom. The lowest BCUT2D eigenvalue weighted by atomic mass is 10.1. The molecule has 1 aromatic heterocycles. The zero-order valence-corrected chi connectivity index (χ0v) is 16.0. The van der Waals surface area contributed by atoms with Crippen LogP contribution in [-0.4, -0.2) is 42.8 Å². The number of anilines is 1. The molecule has 142 valence electrons. The maximum atomic E-state index is 12.9. The summed E-state index contributed by atoms with van der Waals surface area (Å²) in [6.07, 6.45) is -0.0146. The van der Waals surface area contributed by atoms with Crippen molar-refractivity contribution in [3.05, 3.63) is 36.4 Å². The zero-order chi connectivity index (χ0) is 19.2. The molecule has 1 N–H and O–H groups in total. The number of rotatable bonds is 2. The fourth-order valence-corrected chi connectivity index (χ4v) is 3.82. The van der Waals surface area contributed by atoms with Crippen LogP contribution < -0.4 is 10.1 Å². The van der Waals surface area contributed by atoms with Gasteiger partial charge in [-0.3, -0.25) is 0 Å². The van der Waals surface area contributed by atoms with Gasteiger partial charge in [0.25, 0.3) is 0 Å². The predicted octanol–water partition coefficient (Wildman–Crippen LogP) is 4.63. The van der Waals surface area contributed by atoms with Gasteiger partial charge < -0.3 is 24.1 Å². The van der Waals surface area contributed by atoms with Crippen LogP contribution in [0.25, 0.3) is 21.9 Å². The van der Waals surface area contributed by atoms with Crippen LogP contribution in [0, 0.1) is 0 Å². The van der Waals surface area contributed by atoms with Crippen molar-refractivity contribution in [2.24, 2.45) is 0 Å². The number of amides is 2. The predicted molar refractivity (Wildman–Crippen MR) is 105 cm³/mol. The number of benzene rings is 2. The Kier molecular flexibility index (Phi) is 4.23. The Morgan fingerprint density at radius 2 is 2.00 bits per heavy atom. The van der Waals surface area contributed by atoms with Crippen molar-refractivity contribution in [3.8, 4) is 5.75 Å². The Morgan fingerprint density at radius 1 is 1.22 bits per heavy atom. The number of urea groups is 1. The number of carbonyl (C=O) groups excluding carboxylic acids is 1. The molecule has 2 amide bonds. The normalized spacial score (nSPS) is 19.4. The summed E-state index contributed by atoms with van der Waals surface area (Å²) in [5.41, 5.74) is 1.73. The average molecular weight is 368 g/mol. The molecule has 0 bridgehead atoms. The van der Waals surface area contributed by atoms with Gasteiger partial charge in [-0.25, -0.2) is 4.79 Å². The van der Waals surface area contributed by atoms with Crippen molar-refractivity contribution in [3.63, 3.8) is 0 Å². The van der Waals surface area contributed by atoms with Gasteiger partial charge in [0.05, 0.1) is 31.0 Å². The summed E-state index contributed by atoms with van der Waals surface area (Å²) >= 11 is 0. The van der Waals surface area contributed by atoms with Gasteiger partial charge in [-0.15, -0.1) is 0 Å². The summed E-state index contributed by atoms with van der Waals surface area (Å²) in [5, 5.41) is 4.95. The van der Waals surface area contributed by atoms with E-state index >= 15 is 0 Å². The molecule has 1 aliphatic rings. The summed E-state index contributed by atoms with van der Waals surface area (Å²) < 4.78 is 17.3. The van der Waals surface area contributed by atoms with E-state index in [4.69, 9.17) is 13.9 Å². The van der Waals surface area contributed by atoms with Crippen molar-refractivity contribution in [2.45, 2.75) is 32.5 Å². The molecule has 0 unspecified atom stereocenters. The lowest BCUT2D eigenvalue weighted by Gasteiger charge is -2.41. The number of para-hydroxylation sites is 1. The van der Waals surface area contributed by atoms with Gasteiger partial charge in [0, 0.05) is 23.4 Å². The van der Waals surface area contributed by atoms with E-state index in [2.05, 4.69) is 5.32 Å². The molecule has 6 nitrogen and oxygen atoms in total. The van der Waals surface area contributed by atoms with E-state index in [1.165, 1.54) is 0 Å². The Hall–Kier alpha value is -2.73. The van der Waals surface area contributed by atoms with Gasteiger partial charge in [0.1, 0.15) is 16.9 Å². The largest absolute Gasteiger partial charge is 0.495 e. The smallest absolute Gasteiger partial charge is 0.322 e. The van der Waals surface area contributed by atoms with Crippen LogP contribution in [0.2, 0.25) is 0 Å². The summed E-state index contributed by atoms with van der Waals surface area (Å²) in [7, 11) is 1.60. The third-order valence-corrected chi connectivity index (χ3v) is 4.80. The van der Waals surface area contributed by atoms with E-state index in [1.807, 2.05) is 57.2 Å². The number of carbonyl (C=O) groups is 1. The Labute approximate surface area is 158 Å². The second kappa shape index (κ2) is 6.46. The summed E-state index contributed by atoms with van der Waals surface area (Å²) in [4.78, 5) is 14.6. The van der Waals surface area contributed by atoms with Crippen molar-refractivity contribution < 1.29 is 18.7 Å². The first kappa shape index (κ1) is 17.7. The van der Waals surface area contributed by atoms with E-state index in [1.54, 1.807) is 12.0 Å². The molecule has 0 saturated carbocycles. The molecule has 2 aromatic carbocycles. The third-order valence-electron chi connectivity index (χ3n) is 4.80. The quantitative estimate of drug-likeness (QED) is 0.716. The molecule has 0 aliphatic carbocycles. The van der Waals surface area contributed by atoms with Gasteiger partial charge in [0.15, 0.2) is 0 Å². The number of furan rings is 1. The number of hydrogen-bond acceptors (Lipinski definition) is 4. The lowest BCUT2D eigenvalue weighted by Crippen LogP contribution is -2.54. The van der Waals surface area contributed by atoms with E-state index in [-0.39, 0.29) is 17.7 Å². The topological polar surface area (TPSA) is 63.9 Å². The molecule has 0 radical (unpaired) electrons. The standard InChI is InChI=1S/C21H24N2O4/c1-13-11-23(12-21(2,3)27-13)20(24)22-16-10-18-15(9-19(16)25-4)14-7-5-6-8-17(14)26-18/h5-10,13H,11-12H2,1-4H3,(H,22,24)/t13-/m1/s1. The summed E-state index contributed by atoms with van der Waals surface area (Å²) in [6, 6.07) is 11.4. The highest BCUT2D eigenvalue weighted by atomic mass is 16.5. The molecule has 1 atom stereocenters. The highest BCUT2D eigenvalue weighted by Crippen LogP contribution is 2.36. The first-order valence-electron chi connectivity index (χ1n) is 9.09. The maximum absolute atomic E-state index is 12.9. The van der Waals surface area contributed by atoms with Gasteiger partial charge in [-0.2, -0.15) is 0 Å². The minimum Gasteiger partial charge on any atom is -0.495 e. The average Bonchev–Trinajstić information content (AvgIpc) is 2.96. The number of fused-ring (bicyclic) bond motifs is 3. The molecule has 4 rings (SSSR count). The zero-order valence-electron chi connectivity index (χ0n) is 16.0. The van der Waals surface area contributed by atoms with E-state index in [0.717, 1.165) is 16.4 Å². The Bertz CT molecular complexity index is 1010. The summed E-state index contributed by atoms with van der Waals surface area (Å²) in [6.45, 7) is 7.03. The second-order valence-electron chi connectivity index (χ2n) is 7.65. The van der Waals surface area contributed by atoms with Gasteiger partial charge in [0.2, 0.25) is 0 Å². The lowest BCUT2D eigenvalue weighted by molar-refractivity contribution is -0.116. The highest BCUT2D eigenvalue weighted by Gasteiger charge is 2.34. The number of morpholine rings is 1. The fourth-order valence-electron chi connectivity index (χ4n) is 3.82. The summed E-state index contributed by atoms with van der Waals surface area (Å²) in [5.74, 6) is 0.600. The molecule has 27 heavy (non-hydrogen) atoms. The van der Waals surface area contributed by atoms with E-state index < -0.39 is 0 Å². The minimum absolute atomic E-state index is 0.0146. The molecule has 1 fully saturated rings. The number of nitrogens with zero attached hydrogens (tertiary/aromatic N) is 1. The number of nitrogens with one attached hydrogen (secondary N) is 1. The highest BCUT2D eigenvalue weighted by molar-refractivity contribution is 6.07. The molecule has 6 heteroatoms. The molecule has 1 aliphatic heterocycles. The van der Waals surface area contributed by atoms with Crippen molar-refractivity contribution in [1.29, 1.82) is 0 Å². The molecule has 3 aromatic rings. The van der Waals surface area contributed by atoms with Crippen molar-refractivity contribution in [1.82, 2.24) is 4.90 Å². The number of hydrogen-bond donors (Lipinski definition) is 1. The van der Waals surface area contributed by atoms with Crippen molar-refractivity contribution in [2.75, 3.05) is 25.5 Å².